The van der Waals surface area contributed by atoms with Gasteiger partial charge >= 0.3 is 0 Å². The van der Waals surface area contributed by atoms with Gasteiger partial charge in [-0.2, -0.15) is 16.9 Å². The Morgan fingerprint density at radius 2 is 2.39 bits per heavy atom. The molecule has 0 radical (unpaired) electrons. The second-order valence-corrected chi connectivity index (χ2v) is 6.56. The Labute approximate surface area is 119 Å². The molecule has 0 aliphatic carbocycles. The number of hydrogen-bond donors (Lipinski definition) is 1. The van der Waals surface area contributed by atoms with Gasteiger partial charge in [-0.3, -0.25) is 4.68 Å². The smallest absolute Gasteiger partial charge is 0.0850 e. The molecule has 0 saturated carbocycles. The third-order valence-electron chi connectivity index (χ3n) is 3.70. The number of thioether (sulfide) groups is 1. The molecule has 102 valence electrons. The average Bonchev–Trinajstić information content (AvgIpc) is 2.97. The predicted molar refractivity (Wildman–Crippen MR) is 79.6 cm³/mol. The van der Waals surface area contributed by atoms with Gasteiger partial charge in [-0.15, -0.1) is 0 Å². The van der Waals surface area contributed by atoms with Gasteiger partial charge in [0.05, 0.1) is 16.4 Å². The molecule has 5 heteroatoms. The molecular weight excluding hydrogens is 266 g/mol. The maximum atomic E-state index is 6.42. The van der Waals surface area contributed by atoms with Gasteiger partial charge in [0.2, 0.25) is 0 Å². The summed E-state index contributed by atoms with van der Waals surface area (Å²) in [7, 11) is 4.05. The fourth-order valence-electron chi connectivity index (χ4n) is 2.59. The highest BCUT2D eigenvalue weighted by Crippen LogP contribution is 2.31. The van der Waals surface area contributed by atoms with Crippen LogP contribution in [0.2, 0.25) is 5.02 Å². The minimum atomic E-state index is 0.495. The lowest BCUT2D eigenvalue weighted by Gasteiger charge is -2.22. The molecule has 1 aliphatic heterocycles. The minimum absolute atomic E-state index is 0.495. The van der Waals surface area contributed by atoms with Gasteiger partial charge in [0.25, 0.3) is 0 Å². The Bertz CT molecular complexity index is 399. The first-order chi connectivity index (χ1) is 8.67. The molecule has 2 unspecified atom stereocenters. The van der Waals surface area contributed by atoms with Gasteiger partial charge in [0, 0.05) is 24.8 Å². The van der Waals surface area contributed by atoms with E-state index in [1.165, 1.54) is 24.3 Å². The molecule has 18 heavy (non-hydrogen) atoms. The minimum Gasteiger partial charge on any atom is -0.316 e. The van der Waals surface area contributed by atoms with Crippen molar-refractivity contribution in [2.75, 3.05) is 12.8 Å². The van der Waals surface area contributed by atoms with Crippen LogP contribution in [-0.4, -0.2) is 33.9 Å². The summed E-state index contributed by atoms with van der Waals surface area (Å²) in [5.41, 5.74) is 2.18. The zero-order chi connectivity index (χ0) is 13.1. The van der Waals surface area contributed by atoms with E-state index >= 15 is 0 Å². The van der Waals surface area contributed by atoms with Crippen molar-refractivity contribution in [1.29, 1.82) is 0 Å². The number of nitrogens with zero attached hydrogens (tertiary/aromatic N) is 2. The molecule has 1 aromatic heterocycles. The van der Waals surface area contributed by atoms with Crippen LogP contribution in [0.25, 0.3) is 0 Å². The summed E-state index contributed by atoms with van der Waals surface area (Å²) >= 11 is 8.50. The molecule has 2 rings (SSSR count). The summed E-state index contributed by atoms with van der Waals surface area (Å²) in [6, 6.07) is 0.495. The summed E-state index contributed by atoms with van der Waals surface area (Å²) in [5, 5.41) is 9.52. The van der Waals surface area contributed by atoms with Crippen molar-refractivity contribution in [2.45, 2.75) is 43.9 Å². The first-order valence-corrected chi connectivity index (χ1v) is 8.09. The van der Waals surface area contributed by atoms with Crippen LogP contribution in [0.3, 0.4) is 0 Å². The Morgan fingerprint density at radius 3 is 2.89 bits per heavy atom. The van der Waals surface area contributed by atoms with Crippen molar-refractivity contribution < 1.29 is 0 Å². The number of halogens is 1. The number of hydrogen-bond acceptors (Lipinski definition) is 3. The quantitative estimate of drug-likeness (QED) is 0.903. The average molecular weight is 288 g/mol. The monoisotopic (exact) mass is 287 g/mol. The molecule has 0 aromatic carbocycles. The van der Waals surface area contributed by atoms with E-state index in [2.05, 4.69) is 36.1 Å². The van der Waals surface area contributed by atoms with Crippen LogP contribution in [-0.2, 0) is 19.9 Å². The molecule has 1 N–H and O–H groups in total. The van der Waals surface area contributed by atoms with E-state index in [9.17, 15) is 0 Å². The summed E-state index contributed by atoms with van der Waals surface area (Å²) in [6.07, 6.45) is 4.52. The molecule has 2 heterocycles. The molecule has 1 aromatic rings. The fraction of sp³-hybridized carbons (Fsp3) is 0.769. The van der Waals surface area contributed by atoms with Crippen LogP contribution < -0.4 is 5.32 Å². The number of aromatic nitrogens is 2. The molecule has 3 nitrogen and oxygen atoms in total. The highest BCUT2D eigenvalue weighted by molar-refractivity contribution is 8.00. The van der Waals surface area contributed by atoms with Crippen molar-refractivity contribution in [3.8, 4) is 0 Å². The maximum absolute atomic E-state index is 6.42. The second-order valence-electron chi connectivity index (χ2n) is 4.84. The van der Waals surface area contributed by atoms with E-state index in [4.69, 9.17) is 11.6 Å². The predicted octanol–water partition coefficient (Wildman–Crippen LogP) is 2.66. The number of rotatable bonds is 5. The van der Waals surface area contributed by atoms with Crippen LogP contribution in [0.4, 0.5) is 0 Å². The van der Waals surface area contributed by atoms with Gasteiger partial charge < -0.3 is 5.32 Å². The number of aryl methyl sites for hydroxylation is 2. The third-order valence-corrected chi connectivity index (χ3v) is 5.65. The summed E-state index contributed by atoms with van der Waals surface area (Å²) in [6.45, 7) is 2.10. The first-order valence-electron chi connectivity index (χ1n) is 6.66. The Morgan fingerprint density at radius 1 is 1.61 bits per heavy atom. The van der Waals surface area contributed by atoms with Crippen LogP contribution >= 0.6 is 23.4 Å². The lowest BCUT2D eigenvalue weighted by Crippen LogP contribution is -2.37. The Kier molecular flexibility index (Phi) is 4.98. The first kappa shape index (κ1) is 14.2. The zero-order valence-electron chi connectivity index (χ0n) is 11.4. The van der Waals surface area contributed by atoms with E-state index in [0.29, 0.717) is 11.3 Å². The van der Waals surface area contributed by atoms with Crippen molar-refractivity contribution in [1.82, 2.24) is 15.1 Å². The molecule has 0 spiro atoms. The van der Waals surface area contributed by atoms with Crippen LogP contribution in [0.15, 0.2) is 0 Å². The van der Waals surface area contributed by atoms with E-state index in [1.54, 1.807) is 0 Å². The number of likely N-dealkylation sites (N-methyl/N-ethyl adjacent to an activating group) is 1. The summed E-state index contributed by atoms with van der Waals surface area (Å²) in [4.78, 5) is 0. The second kappa shape index (κ2) is 6.31. The van der Waals surface area contributed by atoms with Crippen molar-refractivity contribution >= 4 is 23.4 Å². The van der Waals surface area contributed by atoms with Gasteiger partial charge in [-0.05, 0) is 32.1 Å². The zero-order valence-corrected chi connectivity index (χ0v) is 12.9. The van der Waals surface area contributed by atoms with Crippen molar-refractivity contribution in [3.05, 3.63) is 16.4 Å². The topological polar surface area (TPSA) is 29.9 Å². The van der Waals surface area contributed by atoms with E-state index in [-0.39, 0.29) is 0 Å². The molecule has 0 amide bonds. The molecular formula is C13H22ClN3S. The maximum Gasteiger partial charge on any atom is 0.0850 e. The largest absolute Gasteiger partial charge is 0.316 e. The van der Waals surface area contributed by atoms with E-state index < -0.39 is 0 Å². The lowest BCUT2D eigenvalue weighted by molar-refractivity contribution is 0.507. The van der Waals surface area contributed by atoms with E-state index in [0.717, 1.165) is 23.6 Å². The standard InChI is InChI=1S/C13H22ClN3S/c1-4-9-13(14)11(17(3)16-9)8-10(15-2)12-6-5-7-18-12/h10,12,15H,4-8H2,1-3H3. The van der Waals surface area contributed by atoms with Gasteiger partial charge in [-0.25, -0.2) is 0 Å². The normalized spacial score (nSPS) is 21.4. The fourth-order valence-corrected chi connectivity index (χ4v) is 4.39. The Hall–Kier alpha value is -0.190. The van der Waals surface area contributed by atoms with E-state index in [1.807, 2.05) is 11.7 Å². The van der Waals surface area contributed by atoms with Crippen LogP contribution in [0.5, 0.6) is 0 Å². The molecule has 1 aliphatic rings. The van der Waals surface area contributed by atoms with Crippen LogP contribution in [0.1, 0.15) is 31.2 Å². The van der Waals surface area contributed by atoms with Crippen molar-refractivity contribution in [3.63, 3.8) is 0 Å². The van der Waals surface area contributed by atoms with Crippen molar-refractivity contribution in [2.24, 2.45) is 7.05 Å². The summed E-state index contributed by atoms with van der Waals surface area (Å²) < 4.78 is 1.95. The van der Waals surface area contributed by atoms with Gasteiger partial charge in [0.15, 0.2) is 0 Å². The molecule has 0 bridgehead atoms. The lowest BCUT2D eigenvalue weighted by atomic mass is 10.0. The SMILES string of the molecule is CCc1nn(C)c(CC(NC)C2CCCS2)c1Cl. The highest BCUT2D eigenvalue weighted by Gasteiger charge is 2.26. The number of nitrogens with one attached hydrogen (secondary N) is 1. The molecule has 1 fully saturated rings. The third kappa shape index (κ3) is 2.86. The summed E-state index contributed by atoms with van der Waals surface area (Å²) in [5.74, 6) is 1.29. The van der Waals surface area contributed by atoms with Gasteiger partial charge in [-0.1, -0.05) is 18.5 Å². The molecule has 1 saturated heterocycles. The van der Waals surface area contributed by atoms with Gasteiger partial charge in [0.1, 0.15) is 0 Å². The molecule has 2 atom stereocenters. The van der Waals surface area contributed by atoms with Crippen LogP contribution in [0, 0.1) is 0 Å². The Balaban J connectivity index is 2.13. The highest BCUT2D eigenvalue weighted by atomic mass is 35.5.